The van der Waals surface area contributed by atoms with Crippen molar-refractivity contribution >= 4 is 5.91 Å². The minimum absolute atomic E-state index is 0.0169. The molecule has 0 aliphatic heterocycles. The van der Waals surface area contributed by atoms with Crippen molar-refractivity contribution in [1.82, 2.24) is 14.9 Å². The number of hydrogen-bond acceptors (Lipinski definition) is 3. The summed E-state index contributed by atoms with van der Waals surface area (Å²) in [5, 5.41) is 12.1. The van der Waals surface area contributed by atoms with Crippen molar-refractivity contribution in [1.29, 1.82) is 0 Å². The number of aliphatic hydroxyl groups is 1. The summed E-state index contributed by atoms with van der Waals surface area (Å²) >= 11 is 0. The van der Waals surface area contributed by atoms with Crippen LogP contribution in [-0.4, -0.2) is 33.2 Å². The van der Waals surface area contributed by atoms with Crippen molar-refractivity contribution in [2.75, 3.05) is 6.61 Å². The van der Waals surface area contributed by atoms with Gasteiger partial charge < -0.3 is 15.0 Å². The lowest BCUT2D eigenvalue weighted by molar-refractivity contribution is 0.0915. The molecule has 2 aromatic rings. The van der Waals surface area contributed by atoms with E-state index in [9.17, 15) is 9.90 Å². The maximum Gasteiger partial charge on any atom is 0.253 e. The molecule has 0 aliphatic rings. The molecule has 0 aromatic carbocycles. The van der Waals surface area contributed by atoms with Crippen LogP contribution in [0.15, 0.2) is 30.5 Å². The van der Waals surface area contributed by atoms with E-state index in [4.69, 9.17) is 0 Å². The summed E-state index contributed by atoms with van der Waals surface area (Å²) in [7, 11) is 0. The number of aromatic nitrogens is 2. The van der Waals surface area contributed by atoms with Crippen LogP contribution in [0.2, 0.25) is 0 Å². The average Bonchev–Trinajstić information content (AvgIpc) is 2.82. The van der Waals surface area contributed by atoms with Gasteiger partial charge in [-0.1, -0.05) is 13.0 Å². The molecule has 0 bridgehead atoms. The number of hydrogen-bond donors (Lipinski definition) is 2. The Hall–Kier alpha value is -2.14. The molecular weight excluding hydrogens is 278 g/mol. The number of amides is 1. The van der Waals surface area contributed by atoms with Crippen LogP contribution in [0, 0.1) is 19.8 Å². The summed E-state index contributed by atoms with van der Waals surface area (Å²) in [4.78, 5) is 16.8. The molecule has 2 atom stereocenters. The lowest BCUT2D eigenvalue weighted by Crippen LogP contribution is -2.38. The molecule has 1 amide bonds. The highest BCUT2D eigenvalue weighted by Gasteiger charge is 2.20. The Kier molecular flexibility index (Phi) is 4.98. The van der Waals surface area contributed by atoms with E-state index < -0.39 is 0 Å². The van der Waals surface area contributed by atoms with Crippen LogP contribution in [-0.2, 0) is 0 Å². The number of carbonyl (C=O) groups is 1. The molecule has 2 heterocycles. The molecule has 2 N–H and O–H groups in total. The number of pyridine rings is 1. The summed E-state index contributed by atoms with van der Waals surface area (Å²) in [5.74, 6) is 0.694. The number of aliphatic hydroxyl groups excluding tert-OH is 1. The van der Waals surface area contributed by atoms with Gasteiger partial charge in [0.15, 0.2) is 0 Å². The fraction of sp³-hybridized carbons (Fsp3) is 0.412. The van der Waals surface area contributed by atoms with Crippen molar-refractivity contribution in [2.24, 2.45) is 5.92 Å². The molecule has 0 fully saturated rings. The van der Waals surface area contributed by atoms with Gasteiger partial charge in [0.05, 0.1) is 5.56 Å². The number of carbonyl (C=O) groups excluding carboxylic acids is 1. The summed E-state index contributed by atoms with van der Waals surface area (Å²) in [6, 6.07) is 7.48. The largest absolute Gasteiger partial charge is 0.396 e. The lowest BCUT2D eigenvalue weighted by atomic mass is 10.0. The molecule has 118 valence electrons. The van der Waals surface area contributed by atoms with E-state index in [1.54, 1.807) is 6.20 Å². The summed E-state index contributed by atoms with van der Waals surface area (Å²) < 4.78 is 1.97. The third kappa shape index (κ3) is 3.20. The van der Waals surface area contributed by atoms with Crippen molar-refractivity contribution in [3.63, 3.8) is 0 Å². The van der Waals surface area contributed by atoms with Crippen molar-refractivity contribution in [3.8, 4) is 5.82 Å². The zero-order valence-corrected chi connectivity index (χ0v) is 13.5. The molecule has 5 nitrogen and oxygen atoms in total. The van der Waals surface area contributed by atoms with Crippen molar-refractivity contribution < 1.29 is 9.90 Å². The highest BCUT2D eigenvalue weighted by molar-refractivity contribution is 5.96. The van der Waals surface area contributed by atoms with E-state index in [1.807, 2.05) is 56.5 Å². The van der Waals surface area contributed by atoms with Gasteiger partial charge in [0, 0.05) is 30.2 Å². The summed E-state index contributed by atoms with van der Waals surface area (Å²) in [6.07, 6.45) is 1.74. The molecule has 0 saturated carbocycles. The first kappa shape index (κ1) is 16.2. The number of aryl methyl sites for hydroxylation is 1. The van der Waals surface area contributed by atoms with E-state index in [-0.39, 0.29) is 24.5 Å². The number of nitrogens with one attached hydrogen (secondary N) is 1. The molecule has 0 radical (unpaired) electrons. The highest BCUT2D eigenvalue weighted by Crippen LogP contribution is 2.19. The first-order chi connectivity index (χ1) is 10.5. The summed E-state index contributed by atoms with van der Waals surface area (Å²) in [5.41, 5.74) is 2.46. The Morgan fingerprint density at radius 3 is 2.68 bits per heavy atom. The smallest absolute Gasteiger partial charge is 0.253 e. The molecule has 2 unspecified atom stereocenters. The monoisotopic (exact) mass is 301 g/mol. The highest BCUT2D eigenvalue weighted by atomic mass is 16.3. The average molecular weight is 301 g/mol. The van der Waals surface area contributed by atoms with E-state index in [1.165, 1.54) is 0 Å². The minimum Gasteiger partial charge on any atom is -0.396 e. The van der Waals surface area contributed by atoms with Gasteiger partial charge in [-0.3, -0.25) is 4.79 Å². The Labute approximate surface area is 131 Å². The van der Waals surface area contributed by atoms with E-state index >= 15 is 0 Å². The Balaban J connectivity index is 2.29. The molecule has 2 rings (SSSR count). The van der Waals surface area contributed by atoms with E-state index in [0.717, 1.165) is 17.2 Å². The van der Waals surface area contributed by atoms with Crippen LogP contribution in [0.5, 0.6) is 0 Å². The van der Waals surface area contributed by atoms with Crippen LogP contribution in [0.1, 0.15) is 35.6 Å². The maximum absolute atomic E-state index is 12.5. The van der Waals surface area contributed by atoms with Gasteiger partial charge in [-0.25, -0.2) is 4.98 Å². The van der Waals surface area contributed by atoms with Crippen molar-refractivity contribution in [3.05, 3.63) is 47.4 Å². The topological polar surface area (TPSA) is 67.2 Å². The lowest BCUT2D eigenvalue weighted by Gasteiger charge is -2.19. The molecule has 2 aromatic heterocycles. The predicted octanol–water partition coefficient (Wildman–Crippen LogP) is 2.24. The molecule has 5 heteroatoms. The first-order valence-electron chi connectivity index (χ1n) is 7.47. The predicted molar refractivity (Wildman–Crippen MR) is 86.2 cm³/mol. The van der Waals surface area contributed by atoms with Gasteiger partial charge in [-0.2, -0.15) is 0 Å². The normalized spacial score (nSPS) is 13.7. The van der Waals surface area contributed by atoms with Gasteiger partial charge in [0.1, 0.15) is 5.82 Å². The van der Waals surface area contributed by atoms with Gasteiger partial charge in [0.25, 0.3) is 5.91 Å². The van der Waals surface area contributed by atoms with Gasteiger partial charge in [0.2, 0.25) is 0 Å². The Bertz CT molecular complexity index is 649. The molecule has 0 spiro atoms. The second-order valence-electron chi connectivity index (χ2n) is 5.73. The Morgan fingerprint density at radius 1 is 1.36 bits per heavy atom. The standard InChI is InChI=1S/C17H23N3O2/c1-11(10-21)13(3)19-17(22)15-9-12(2)20(14(15)4)16-7-5-6-8-18-16/h5-9,11,13,21H,10H2,1-4H3,(H,19,22). The Morgan fingerprint density at radius 2 is 2.09 bits per heavy atom. The first-order valence-corrected chi connectivity index (χ1v) is 7.47. The number of nitrogens with zero attached hydrogens (tertiary/aromatic N) is 2. The molecular formula is C17H23N3O2. The third-order valence-corrected chi connectivity index (χ3v) is 4.05. The summed E-state index contributed by atoms with van der Waals surface area (Å²) in [6.45, 7) is 7.72. The van der Waals surface area contributed by atoms with Gasteiger partial charge >= 0.3 is 0 Å². The van der Waals surface area contributed by atoms with Crippen LogP contribution in [0.25, 0.3) is 5.82 Å². The molecule has 22 heavy (non-hydrogen) atoms. The van der Waals surface area contributed by atoms with Gasteiger partial charge in [-0.05, 0) is 44.9 Å². The fourth-order valence-electron chi connectivity index (χ4n) is 2.42. The number of rotatable bonds is 5. The van der Waals surface area contributed by atoms with Crippen molar-refractivity contribution in [2.45, 2.75) is 33.7 Å². The quantitative estimate of drug-likeness (QED) is 0.890. The van der Waals surface area contributed by atoms with E-state index in [2.05, 4.69) is 10.3 Å². The minimum atomic E-state index is -0.122. The van der Waals surface area contributed by atoms with Crippen LogP contribution < -0.4 is 5.32 Å². The maximum atomic E-state index is 12.5. The van der Waals surface area contributed by atoms with Crippen LogP contribution in [0.4, 0.5) is 0 Å². The third-order valence-electron chi connectivity index (χ3n) is 4.05. The van der Waals surface area contributed by atoms with Gasteiger partial charge in [-0.15, -0.1) is 0 Å². The molecule has 0 aliphatic carbocycles. The van der Waals surface area contributed by atoms with Crippen LogP contribution in [0.3, 0.4) is 0 Å². The fourth-order valence-corrected chi connectivity index (χ4v) is 2.42. The van der Waals surface area contributed by atoms with Crippen LogP contribution >= 0.6 is 0 Å². The van der Waals surface area contributed by atoms with E-state index in [0.29, 0.717) is 5.56 Å². The second-order valence-corrected chi connectivity index (χ2v) is 5.73. The SMILES string of the molecule is Cc1cc(C(=O)NC(C)C(C)CO)c(C)n1-c1ccccn1. The zero-order valence-electron chi connectivity index (χ0n) is 13.5. The zero-order chi connectivity index (χ0) is 16.3. The molecule has 0 saturated heterocycles. The second kappa shape index (κ2) is 6.75.